The van der Waals surface area contributed by atoms with Gasteiger partial charge in [0.2, 0.25) is 0 Å². The molecule has 2 nitrogen and oxygen atoms in total. The second-order valence-corrected chi connectivity index (χ2v) is 6.61. The van der Waals surface area contributed by atoms with Crippen molar-refractivity contribution in [2.75, 3.05) is 0 Å². The van der Waals surface area contributed by atoms with Crippen molar-refractivity contribution in [2.24, 2.45) is 0 Å². The highest BCUT2D eigenvalue weighted by molar-refractivity contribution is 9.09. The Morgan fingerprint density at radius 3 is 2.48 bits per heavy atom. The Balaban J connectivity index is 2.47. The van der Waals surface area contributed by atoms with Crippen LogP contribution in [0.5, 0.6) is 0 Å². The lowest BCUT2D eigenvalue weighted by Crippen LogP contribution is -2.05. The van der Waals surface area contributed by atoms with E-state index < -0.39 is 0 Å². The largest absolute Gasteiger partial charge is 0.426 e. The Morgan fingerprint density at radius 2 is 1.81 bits per heavy atom. The smallest absolute Gasteiger partial charge is 0.343 e. The number of rotatable bonds is 2. The molecule has 0 aliphatic carbocycles. The summed E-state index contributed by atoms with van der Waals surface area (Å²) < 4.78 is 5.53. The van der Waals surface area contributed by atoms with Crippen LogP contribution in [0.4, 0.5) is 0 Å². The summed E-state index contributed by atoms with van der Waals surface area (Å²) in [5.74, 6) is 0.626. The van der Waals surface area contributed by atoms with E-state index in [1.165, 1.54) is 0 Å². The summed E-state index contributed by atoms with van der Waals surface area (Å²) in [6, 6.07) is 15.2. The first kappa shape index (κ1) is 14.4. The molecule has 0 fully saturated rings. The van der Waals surface area contributed by atoms with Gasteiger partial charge in [-0.3, -0.25) is 0 Å². The third kappa shape index (κ3) is 2.63. The number of benzene rings is 2. The molecule has 1 atom stereocenters. The molecule has 4 heteroatoms. The lowest BCUT2D eigenvalue weighted by atomic mass is 9.97. The molecule has 1 unspecified atom stereocenters. The van der Waals surface area contributed by atoms with Crippen LogP contribution in [0.1, 0.15) is 17.5 Å². The molecule has 1 aromatic heterocycles. The lowest BCUT2D eigenvalue weighted by Gasteiger charge is -2.13. The average Bonchev–Trinajstić information content (AvgIpc) is 2.48. The third-order valence-corrected chi connectivity index (χ3v) is 3.99. The minimum absolute atomic E-state index is 0.0690. The summed E-state index contributed by atoms with van der Waals surface area (Å²) in [5.41, 5.74) is 1.56. The molecule has 0 aliphatic rings. The summed E-state index contributed by atoms with van der Waals surface area (Å²) in [6.07, 6.45) is 0. The molecule has 0 spiro atoms. The topological polar surface area (TPSA) is 30.2 Å². The van der Waals surface area contributed by atoms with Gasteiger partial charge in [-0.25, -0.2) is 4.79 Å². The maximum Gasteiger partial charge on any atom is 0.343 e. The molecule has 3 rings (SSSR count). The van der Waals surface area contributed by atoms with Crippen molar-refractivity contribution in [1.29, 1.82) is 0 Å². The van der Waals surface area contributed by atoms with Gasteiger partial charge in [-0.2, -0.15) is 0 Å². The molecule has 3 aromatic rings. The number of hydrogen-bond donors (Lipinski definition) is 0. The van der Waals surface area contributed by atoms with Crippen LogP contribution in [0.25, 0.3) is 21.9 Å². The zero-order chi connectivity index (χ0) is 15.0. The first-order valence-electron chi connectivity index (χ1n) is 6.53. The number of alkyl halides is 1. The highest BCUT2D eigenvalue weighted by atomic mass is 79.9. The fourth-order valence-corrected chi connectivity index (χ4v) is 2.92. The van der Waals surface area contributed by atoms with E-state index in [0.29, 0.717) is 16.2 Å². The van der Waals surface area contributed by atoms with E-state index in [4.69, 9.17) is 16.0 Å². The quantitative estimate of drug-likeness (QED) is 0.557. The predicted molar refractivity (Wildman–Crippen MR) is 90.3 cm³/mol. The molecule has 0 aliphatic heterocycles. The van der Waals surface area contributed by atoms with Gasteiger partial charge in [-0.05, 0) is 24.6 Å². The molecule has 0 saturated carbocycles. The maximum absolute atomic E-state index is 12.2. The second kappa shape index (κ2) is 5.66. The van der Waals surface area contributed by atoms with Crippen LogP contribution in [0.3, 0.4) is 0 Å². The van der Waals surface area contributed by atoms with Crippen molar-refractivity contribution in [3.8, 4) is 11.1 Å². The minimum atomic E-state index is -0.367. The lowest BCUT2D eigenvalue weighted by molar-refractivity contribution is 0.473. The Morgan fingerprint density at radius 1 is 1.10 bits per heavy atom. The highest BCUT2D eigenvalue weighted by Crippen LogP contribution is 2.37. The highest BCUT2D eigenvalue weighted by Gasteiger charge is 2.18. The van der Waals surface area contributed by atoms with E-state index in [-0.39, 0.29) is 10.5 Å². The number of halogens is 2. The molecule has 2 aromatic carbocycles. The van der Waals surface area contributed by atoms with E-state index in [0.717, 1.165) is 16.5 Å². The van der Waals surface area contributed by atoms with Gasteiger partial charge in [0.15, 0.2) is 0 Å². The molecule has 21 heavy (non-hydrogen) atoms. The zero-order valence-corrected chi connectivity index (χ0v) is 13.6. The maximum atomic E-state index is 12.2. The van der Waals surface area contributed by atoms with E-state index in [1.807, 2.05) is 43.3 Å². The van der Waals surface area contributed by atoms with Gasteiger partial charge >= 0.3 is 5.63 Å². The average molecular weight is 364 g/mol. The summed E-state index contributed by atoms with van der Waals surface area (Å²) >= 11 is 9.51. The minimum Gasteiger partial charge on any atom is -0.426 e. The van der Waals surface area contributed by atoms with Crippen LogP contribution in [-0.2, 0) is 0 Å². The Labute approximate surface area is 135 Å². The Bertz CT molecular complexity index is 854. The second-order valence-electron chi connectivity index (χ2n) is 4.80. The first-order chi connectivity index (χ1) is 10.1. The molecule has 0 saturated heterocycles. The van der Waals surface area contributed by atoms with Crippen LogP contribution in [0.2, 0.25) is 5.02 Å². The van der Waals surface area contributed by atoms with E-state index in [9.17, 15) is 4.79 Å². The van der Waals surface area contributed by atoms with Crippen molar-refractivity contribution in [1.82, 2.24) is 0 Å². The van der Waals surface area contributed by atoms with Gasteiger partial charge in [-0.1, -0.05) is 63.9 Å². The van der Waals surface area contributed by atoms with Crippen molar-refractivity contribution in [3.05, 3.63) is 69.7 Å². The van der Waals surface area contributed by atoms with Crippen molar-refractivity contribution in [3.63, 3.8) is 0 Å². The first-order valence-corrected chi connectivity index (χ1v) is 7.83. The van der Waals surface area contributed by atoms with E-state index >= 15 is 0 Å². The number of hydrogen-bond acceptors (Lipinski definition) is 2. The van der Waals surface area contributed by atoms with E-state index in [2.05, 4.69) is 15.9 Å². The molecule has 0 bridgehead atoms. The summed E-state index contributed by atoms with van der Waals surface area (Å²) in [6.45, 7) is 1.94. The molecule has 1 heterocycles. The molecular weight excluding hydrogens is 352 g/mol. The van der Waals surface area contributed by atoms with Crippen molar-refractivity contribution in [2.45, 2.75) is 11.8 Å². The van der Waals surface area contributed by atoms with Gasteiger partial charge in [0.1, 0.15) is 5.76 Å². The fourth-order valence-electron chi connectivity index (χ4n) is 2.42. The number of fused-ring (bicyclic) bond motifs is 1. The summed E-state index contributed by atoms with van der Waals surface area (Å²) in [5, 5.41) is 1.87. The SMILES string of the molecule is CC(Br)c1oc(=O)c2cc(Cl)ccc2c1-c1ccccc1. The van der Waals surface area contributed by atoms with Gasteiger partial charge in [0.25, 0.3) is 0 Å². The van der Waals surface area contributed by atoms with Gasteiger partial charge < -0.3 is 4.42 Å². The van der Waals surface area contributed by atoms with Crippen molar-refractivity contribution < 1.29 is 4.42 Å². The molecule has 0 amide bonds. The van der Waals surface area contributed by atoms with Crippen LogP contribution >= 0.6 is 27.5 Å². The monoisotopic (exact) mass is 362 g/mol. The fraction of sp³-hybridized carbons (Fsp3) is 0.118. The Hall–Kier alpha value is -1.58. The molecule has 0 radical (unpaired) electrons. The molecular formula is C17H12BrClO2. The predicted octanol–water partition coefficient (Wildman–Crippen LogP) is 5.57. The van der Waals surface area contributed by atoms with Gasteiger partial charge in [-0.15, -0.1) is 0 Å². The standard InChI is InChI=1S/C17H12BrClO2/c1-10(18)16-15(11-5-3-2-4-6-11)13-8-7-12(19)9-14(13)17(20)21-16/h2-10H,1H3. The van der Waals surface area contributed by atoms with Crippen LogP contribution in [0, 0.1) is 0 Å². The van der Waals surface area contributed by atoms with Crippen LogP contribution < -0.4 is 5.63 Å². The van der Waals surface area contributed by atoms with Gasteiger partial charge in [0, 0.05) is 16.0 Å². The molecule has 0 N–H and O–H groups in total. The van der Waals surface area contributed by atoms with Gasteiger partial charge in [0.05, 0.1) is 10.2 Å². The summed E-state index contributed by atoms with van der Waals surface area (Å²) in [7, 11) is 0. The Kier molecular flexibility index (Phi) is 3.87. The van der Waals surface area contributed by atoms with Crippen LogP contribution in [0.15, 0.2) is 57.7 Å². The molecule has 106 valence electrons. The van der Waals surface area contributed by atoms with Crippen LogP contribution in [-0.4, -0.2) is 0 Å². The van der Waals surface area contributed by atoms with E-state index in [1.54, 1.807) is 12.1 Å². The summed E-state index contributed by atoms with van der Waals surface area (Å²) in [4.78, 5) is 12.1. The van der Waals surface area contributed by atoms with Crippen molar-refractivity contribution >= 4 is 38.3 Å². The normalized spacial score (nSPS) is 12.5. The zero-order valence-electron chi connectivity index (χ0n) is 11.3. The third-order valence-electron chi connectivity index (χ3n) is 3.34.